The summed E-state index contributed by atoms with van der Waals surface area (Å²) in [6.45, 7) is 1.92. The maximum atomic E-state index is 10.8. The summed E-state index contributed by atoms with van der Waals surface area (Å²) in [4.78, 5) is 18.6. The molecular weight excluding hydrogens is 232 g/mol. The Kier molecular flexibility index (Phi) is 3.23. The number of methoxy groups -OCH3 is 1. The number of aromatic nitrogens is 2. The second kappa shape index (κ2) is 4.83. The van der Waals surface area contributed by atoms with E-state index < -0.39 is 5.97 Å². The van der Waals surface area contributed by atoms with Crippen molar-refractivity contribution in [1.82, 2.24) is 9.97 Å². The summed E-state index contributed by atoms with van der Waals surface area (Å²) in [7, 11) is 1.61. The third kappa shape index (κ3) is 2.29. The lowest BCUT2D eigenvalue weighted by molar-refractivity contribution is 0.0690. The van der Waals surface area contributed by atoms with E-state index in [0.717, 1.165) is 16.9 Å². The first-order valence-electron chi connectivity index (χ1n) is 5.32. The fraction of sp³-hybridized carbons (Fsp3) is 0.154. The second-order valence-corrected chi connectivity index (χ2v) is 3.78. The number of aromatic carboxylic acids is 1. The third-order valence-corrected chi connectivity index (χ3v) is 2.58. The molecule has 2 aromatic rings. The topological polar surface area (TPSA) is 72.3 Å². The Morgan fingerprint density at radius 1 is 1.28 bits per heavy atom. The van der Waals surface area contributed by atoms with Gasteiger partial charge in [-0.3, -0.25) is 0 Å². The normalized spacial score (nSPS) is 10.1. The molecule has 0 aliphatic rings. The van der Waals surface area contributed by atoms with E-state index in [0.29, 0.717) is 5.69 Å². The van der Waals surface area contributed by atoms with E-state index in [1.807, 2.05) is 25.1 Å². The SMILES string of the molecule is COc1ccc(-c2cc(C(=O)O)ncn2)cc1C. The molecule has 0 fully saturated rings. The number of hydrogen-bond donors (Lipinski definition) is 1. The van der Waals surface area contributed by atoms with E-state index >= 15 is 0 Å². The van der Waals surface area contributed by atoms with Crippen LogP contribution in [0.4, 0.5) is 0 Å². The van der Waals surface area contributed by atoms with Crippen LogP contribution in [0.25, 0.3) is 11.3 Å². The van der Waals surface area contributed by atoms with E-state index in [2.05, 4.69) is 9.97 Å². The van der Waals surface area contributed by atoms with E-state index in [4.69, 9.17) is 9.84 Å². The summed E-state index contributed by atoms with van der Waals surface area (Å²) >= 11 is 0. The lowest BCUT2D eigenvalue weighted by Crippen LogP contribution is -2.01. The Labute approximate surface area is 104 Å². The largest absolute Gasteiger partial charge is 0.496 e. The average molecular weight is 244 g/mol. The van der Waals surface area contributed by atoms with E-state index in [1.165, 1.54) is 12.4 Å². The molecule has 18 heavy (non-hydrogen) atoms. The summed E-state index contributed by atoms with van der Waals surface area (Å²) in [5.41, 5.74) is 2.35. The molecule has 0 unspecified atom stereocenters. The lowest BCUT2D eigenvalue weighted by Gasteiger charge is -2.07. The third-order valence-electron chi connectivity index (χ3n) is 2.58. The average Bonchev–Trinajstić information content (AvgIpc) is 2.38. The van der Waals surface area contributed by atoms with Crippen molar-refractivity contribution in [3.63, 3.8) is 0 Å². The molecule has 1 aromatic heterocycles. The van der Waals surface area contributed by atoms with Crippen LogP contribution in [0, 0.1) is 6.92 Å². The number of carbonyl (C=O) groups is 1. The van der Waals surface area contributed by atoms with Crippen LogP contribution in [-0.4, -0.2) is 28.2 Å². The number of hydrogen-bond acceptors (Lipinski definition) is 4. The van der Waals surface area contributed by atoms with Crippen molar-refractivity contribution in [2.45, 2.75) is 6.92 Å². The van der Waals surface area contributed by atoms with Gasteiger partial charge in [-0.2, -0.15) is 0 Å². The van der Waals surface area contributed by atoms with Gasteiger partial charge >= 0.3 is 5.97 Å². The Hall–Kier alpha value is -2.43. The first-order chi connectivity index (χ1) is 8.61. The molecule has 92 valence electrons. The smallest absolute Gasteiger partial charge is 0.354 e. The highest BCUT2D eigenvalue weighted by Crippen LogP contribution is 2.24. The zero-order chi connectivity index (χ0) is 13.1. The van der Waals surface area contributed by atoms with Crippen LogP contribution >= 0.6 is 0 Å². The van der Waals surface area contributed by atoms with Crippen molar-refractivity contribution in [3.05, 3.63) is 41.9 Å². The molecule has 0 radical (unpaired) electrons. The fourth-order valence-electron chi connectivity index (χ4n) is 1.67. The van der Waals surface area contributed by atoms with Crippen LogP contribution in [0.15, 0.2) is 30.6 Å². The number of aryl methyl sites for hydroxylation is 1. The molecular formula is C13H12N2O3. The lowest BCUT2D eigenvalue weighted by atomic mass is 10.1. The molecule has 1 heterocycles. The minimum atomic E-state index is -1.07. The van der Waals surface area contributed by atoms with Gasteiger partial charge in [0.1, 0.15) is 12.1 Å². The summed E-state index contributed by atoms with van der Waals surface area (Å²) < 4.78 is 5.17. The second-order valence-electron chi connectivity index (χ2n) is 3.78. The number of ether oxygens (including phenoxy) is 1. The van der Waals surface area contributed by atoms with Crippen molar-refractivity contribution in [3.8, 4) is 17.0 Å². The number of benzene rings is 1. The molecule has 0 spiro atoms. The molecule has 0 amide bonds. The number of rotatable bonds is 3. The van der Waals surface area contributed by atoms with Crippen LogP contribution in [0.2, 0.25) is 0 Å². The fourth-order valence-corrected chi connectivity index (χ4v) is 1.67. The molecule has 0 bridgehead atoms. The molecule has 0 saturated carbocycles. The van der Waals surface area contributed by atoms with Gasteiger partial charge in [0, 0.05) is 5.56 Å². The van der Waals surface area contributed by atoms with Crippen LogP contribution in [0.1, 0.15) is 16.1 Å². The van der Waals surface area contributed by atoms with Crippen molar-refractivity contribution >= 4 is 5.97 Å². The first kappa shape index (κ1) is 12.0. The Bertz CT molecular complexity index is 597. The van der Waals surface area contributed by atoms with Crippen LogP contribution in [0.3, 0.4) is 0 Å². The Morgan fingerprint density at radius 3 is 2.67 bits per heavy atom. The quantitative estimate of drug-likeness (QED) is 0.895. The molecule has 0 aliphatic heterocycles. The highest BCUT2D eigenvalue weighted by molar-refractivity contribution is 5.86. The zero-order valence-electron chi connectivity index (χ0n) is 10.0. The Balaban J connectivity index is 2.45. The first-order valence-corrected chi connectivity index (χ1v) is 5.32. The molecule has 0 aliphatic carbocycles. The molecule has 0 atom stereocenters. The van der Waals surface area contributed by atoms with Crippen molar-refractivity contribution in [1.29, 1.82) is 0 Å². The minimum Gasteiger partial charge on any atom is -0.496 e. The van der Waals surface area contributed by atoms with Gasteiger partial charge in [0.15, 0.2) is 5.69 Å². The van der Waals surface area contributed by atoms with Crippen molar-refractivity contribution in [2.75, 3.05) is 7.11 Å². The summed E-state index contributed by atoms with van der Waals surface area (Å²) in [5.74, 6) is -0.282. The molecule has 1 aromatic carbocycles. The highest BCUT2D eigenvalue weighted by Gasteiger charge is 2.08. The van der Waals surface area contributed by atoms with Crippen LogP contribution < -0.4 is 4.74 Å². The van der Waals surface area contributed by atoms with Crippen molar-refractivity contribution in [2.24, 2.45) is 0 Å². The number of carboxylic acids is 1. The highest BCUT2D eigenvalue weighted by atomic mass is 16.5. The Morgan fingerprint density at radius 2 is 2.06 bits per heavy atom. The van der Waals surface area contributed by atoms with Crippen LogP contribution in [-0.2, 0) is 0 Å². The molecule has 0 saturated heterocycles. The van der Waals surface area contributed by atoms with Crippen molar-refractivity contribution < 1.29 is 14.6 Å². The van der Waals surface area contributed by atoms with Gasteiger partial charge in [-0.25, -0.2) is 14.8 Å². The maximum absolute atomic E-state index is 10.8. The van der Waals surface area contributed by atoms with Gasteiger partial charge in [-0.1, -0.05) is 0 Å². The predicted octanol–water partition coefficient (Wildman–Crippen LogP) is 2.16. The maximum Gasteiger partial charge on any atom is 0.354 e. The molecule has 5 nitrogen and oxygen atoms in total. The predicted molar refractivity (Wildman–Crippen MR) is 65.7 cm³/mol. The molecule has 2 rings (SSSR count). The van der Waals surface area contributed by atoms with Gasteiger partial charge in [0.05, 0.1) is 12.8 Å². The van der Waals surface area contributed by atoms with E-state index in [9.17, 15) is 4.79 Å². The zero-order valence-corrected chi connectivity index (χ0v) is 10.0. The van der Waals surface area contributed by atoms with Gasteiger partial charge in [-0.15, -0.1) is 0 Å². The summed E-state index contributed by atoms with van der Waals surface area (Å²) in [6, 6.07) is 7.00. The number of carboxylic acid groups (broad SMARTS) is 1. The number of nitrogens with zero attached hydrogens (tertiary/aromatic N) is 2. The van der Waals surface area contributed by atoms with Gasteiger partial charge in [-0.05, 0) is 36.8 Å². The van der Waals surface area contributed by atoms with Gasteiger partial charge < -0.3 is 9.84 Å². The molecule has 5 heteroatoms. The standard InChI is InChI=1S/C13H12N2O3/c1-8-5-9(3-4-12(8)18-2)10-6-11(13(16)17)15-7-14-10/h3-7H,1-2H3,(H,16,17). The van der Waals surface area contributed by atoms with E-state index in [1.54, 1.807) is 7.11 Å². The van der Waals surface area contributed by atoms with Gasteiger partial charge in [0.25, 0.3) is 0 Å². The summed E-state index contributed by atoms with van der Waals surface area (Å²) in [6.07, 6.45) is 1.25. The van der Waals surface area contributed by atoms with Crippen LogP contribution in [0.5, 0.6) is 5.75 Å². The molecule has 1 N–H and O–H groups in total. The van der Waals surface area contributed by atoms with Gasteiger partial charge in [0.2, 0.25) is 0 Å². The van der Waals surface area contributed by atoms with E-state index in [-0.39, 0.29) is 5.69 Å². The minimum absolute atomic E-state index is 0.0199. The monoisotopic (exact) mass is 244 g/mol. The summed E-state index contributed by atoms with van der Waals surface area (Å²) in [5, 5.41) is 8.88.